The number of hydrogen-bond donors (Lipinski definition) is 0. The molecule has 1 aromatic heterocycles. The summed E-state index contributed by atoms with van der Waals surface area (Å²) < 4.78 is 15.3. The van der Waals surface area contributed by atoms with Gasteiger partial charge in [-0.2, -0.15) is 4.98 Å². The van der Waals surface area contributed by atoms with E-state index in [1.165, 1.54) is 0 Å². The van der Waals surface area contributed by atoms with Crippen molar-refractivity contribution in [3.63, 3.8) is 0 Å². The van der Waals surface area contributed by atoms with E-state index in [0.717, 1.165) is 12.8 Å². The lowest BCUT2D eigenvalue weighted by molar-refractivity contribution is -0.00938. The summed E-state index contributed by atoms with van der Waals surface area (Å²) in [6, 6.07) is 0. The van der Waals surface area contributed by atoms with Crippen LogP contribution in [0.25, 0.3) is 0 Å². The zero-order valence-corrected chi connectivity index (χ0v) is 9.36. The molecule has 2 heterocycles. The van der Waals surface area contributed by atoms with E-state index >= 15 is 0 Å². The minimum Gasteiger partial charge on any atom is -0.460 e. The molecule has 1 aliphatic rings. The Kier molecular flexibility index (Phi) is 2.91. The number of carbonyl (C=O) groups excluding carboxylic acids is 1. The van der Waals surface area contributed by atoms with Crippen molar-refractivity contribution in [2.45, 2.75) is 32.3 Å². The third-order valence-corrected chi connectivity index (χ3v) is 2.56. The molecule has 1 atom stereocenters. The van der Waals surface area contributed by atoms with Gasteiger partial charge >= 0.3 is 5.97 Å². The van der Waals surface area contributed by atoms with Crippen LogP contribution < -0.4 is 0 Å². The monoisotopic (exact) mass is 226 g/mol. The van der Waals surface area contributed by atoms with Gasteiger partial charge < -0.3 is 14.0 Å². The third-order valence-electron chi connectivity index (χ3n) is 2.56. The minimum absolute atomic E-state index is 0.0476. The Morgan fingerprint density at radius 3 is 3.06 bits per heavy atom. The summed E-state index contributed by atoms with van der Waals surface area (Å²) in [5, 5.41) is 3.58. The van der Waals surface area contributed by atoms with Crippen molar-refractivity contribution in [1.29, 1.82) is 0 Å². The smallest absolute Gasteiger partial charge is 0.379 e. The van der Waals surface area contributed by atoms with Crippen LogP contribution in [0.5, 0.6) is 0 Å². The predicted molar refractivity (Wildman–Crippen MR) is 52.8 cm³/mol. The fourth-order valence-corrected chi connectivity index (χ4v) is 1.66. The quantitative estimate of drug-likeness (QED) is 0.722. The van der Waals surface area contributed by atoms with Crippen molar-refractivity contribution in [2.24, 2.45) is 0 Å². The largest absolute Gasteiger partial charge is 0.460 e. The van der Waals surface area contributed by atoms with Crippen LogP contribution in [0.4, 0.5) is 0 Å². The SMILES string of the molecule is CCOC(=O)c1noc(C2(C)CCCO2)n1. The normalized spacial score (nSPS) is 24.6. The van der Waals surface area contributed by atoms with Gasteiger partial charge in [0.2, 0.25) is 0 Å². The highest BCUT2D eigenvalue weighted by Gasteiger charge is 2.38. The van der Waals surface area contributed by atoms with Gasteiger partial charge in [0, 0.05) is 6.61 Å². The molecule has 0 aromatic carbocycles. The molecule has 1 aliphatic heterocycles. The van der Waals surface area contributed by atoms with Gasteiger partial charge in [-0.05, 0) is 31.8 Å². The Morgan fingerprint density at radius 2 is 2.44 bits per heavy atom. The maximum atomic E-state index is 11.3. The second-order valence-electron chi connectivity index (χ2n) is 3.83. The van der Waals surface area contributed by atoms with Crippen LogP contribution >= 0.6 is 0 Å². The van der Waals surface area contributed by atoms with Crippen molar-refractivity contribution in [3.8, 4) is 0 Å². The molecule has 1 fully saturated rings. The predicted octanol–water partition coefficient (Wildman–Crippen LogP) is 1.27. The molecular formula is C10H14N2O4. The van der Waals surface area contributed by atoms with Crippen LogP contribution in [0.15, 0.2) is 4.52 Å². The molecular weight excluding hydrogens is 212 g/mol. The molecule has 16 heavy (non-hydrogen) atoms. The molecule has 0 N–H and O–H groups in total. The van der Waals surface area contributed by atoms with Gasteiger partial charge in [0.25, 0.3) is 11.7 Å². The first kappa shape index (κ1) is 11.1. The van der Waals surface area contributed by atoms with Gasteiger partial charge in [0.1, 0.15) is 5.60 Å². The van der Waals surface area contributed by atoms with Gasteiger partial charge in [-0.1, -0.05) is 0 Å². The van der Waals surface area contributed by atoms with E-state index in [1.807, 2.05) is 6.92 Å². The summed E-state index contributed by atoms with van der Waals surface area (Å²) in [7, 11) is 0. The fraction of sp³-hybridized carbons (Fsp3) is 0.700. The van der Waals surface area contributed by atoms with Crippen molar-refractivity contribution in [1.82, 2.24) is 10.1 Å². The third kappa shape index (κ3) is 1.92. The van der Waals surface area contributed by atoms with E-state index in [0.29, 0.717) is 12.5 Å². The number of hydrogen-bond acceptors (Lipinski definition) is 6. The van der Waals surface area contributed by atoms with Crippen LogP contribution in [0.2, 0.25) is 0 Å². The first-order valence-corrected chi connectivity index (χ1v) is 5.31. The Hall–Kier alpha value is -1.43. The highest BCUT2D eigenvalue weighted by atomic mass is 16.6. The summed E-state index contributed by atoms with van der Waals surface area (Å²) in [4.78, 5) is 15.3. The second kappa shape index (κ2) is 4.21. The molecule has 0 aliphatic carbocycles. The molecule has 6 heteroatoms. The summed E-state index contributed by atoms with van der Waals surface area (Å²) in [5.74, 6) is -0.277. The number of esters is 1. The highest BCUT2D eigenvalue weighted by molar-refractivity contribution is 5.84. The molecule has 0 radical (unpaired) electrons. The number of nitrogens with zero attached hydrogens (tertiary/aromatic N) is 2. The standard InChI is InChI=1S/C10H14N2O4/c1-3-14-8(13)7-11-9(16-12-7)10(2)5-4-6-15-10/h3-6H2,1-2H3. The Morgan fingerprint density at radius 1 is 1.62 bits per heavy atom. The first-order valence-electron chi connectivity index (χ1n) is 5.31. The number of carbonyl (C=O) groups is 1. The average molecular weight is 226 g/mol. The molecule has 0 bridgehead atoms. The summed E-state index contributed by atoms with van der Waals surface area (Å²) in [6.07, 6.45) is 1.77. The average Bonchev–Trinajstić information content (AvgIpc) is 2.86. The summed E-state index contributed by atoms with van der Waals surface area (Å²) in [6.45, 7) is 4.56. The molecule has 0 spiro atoms. The van der Waals surface area contributed by atoms with Gasteiger partial charge in [-0.15, -0.1) is 0 Å². The van der Waals surface area contributed by atoms with E-state index in [2.05, 4.69) is 10.1 Å². The lowest BCUT2D eigenvalue weighted by Crippen LogP contribution is -2.20. The molecule has 6 nitrogen and oxygen atoms in total. The first-order chi connectivity index (χ1) is 7.65. The van der Waals surface area contributed by atoms with E-state index in [1.54, 1.807) is 6.92 Å². The molecule has 2 rings (SSSR count). The minimum atomic E-state index is -0.570. The summed E-state index contributed by atoms with van der Waals surface area (Å²) in [5.41, 5.74) is -0.558. The molecule has 0 saturated carbocycles. The van der Waals surface area contributed by atoms with Gasteiger partial charge in [-0.3, -0.25) is 0 Å². The molecule has 1 aromatic rings. The van der Waals surface area contributed by atoms with E-state index < -0.39 is 11.6 Å². The van der Waals surface area contributed by atoms with Gasteiger partial charge in [-0.25, -0.2) is 4.79 Å². The lowest BCUT2D eigenvalue weighted by Gasteiger charge is -2.16. The lowest BCUT2D eigenvalue weighted by atomic mass is 10.0. The van der Waals surface area contributed by atoms with Crippen LogP contribution in [-0.4, -0.2) is 29.3 Å². The highest BCUT2D eigenvalue weighted by Crippen LogP contribution is 2.34. The van der Waals surface area contributed by atoms with E-state index in [-0.39, 0.29) is 12.4 Å². The van der Waals surface area contributed by atoms with Crippen LogP contribution in [0.3, 0.4) is 0 Å². The number of rotatable bonds is 3. The zero-order valence-electron chi connectivity index (χ0n) is 9.36. The Balaban J connectivity index is 2.16. The van der Waals surface area contributed by atoms with Gasteiger partial charge in [0.05, 0.1) is 6.61 Å². The number of aromatic nitrogens is 2. The molecule has 0 amide bonds. The van der Waals surface area contributed by atoms with Crippen LogP contribution in [-0.2, 0) is 15.1 Å². The van der Waals surface area contributed by atoms with Crippen molar-refractivity contribution >= 4 is 5.97 Å². The maximum absolute atomic E-state index is 11.3. The molecule has 1 unspecified atom stereocenters. The van der Waals surface area contributed by atoms with E-state index in [9.17, 15) is 4.79 Å². The maximum Gasteiger partial charge on any atom is 0.379 e. The Bertz CT molecular complexity index is 382. The topological polar surface area (TPSA) is 74.5 Å². The number of ether oxygens (including phenoxy) is 2. The zero-order chi connectivity index (χ0) is 11.6. The Labute approximate surface area is 92.9 Å². The summed E-state index contributed by atoms with van der Waals surface area (Å²) >= 11 is 0. The van der Waals surface area contributed by atoms with Crippen molar-refractivity contribution in [3.05, 3.63) is 11.7 Å². The van der Waals surface area contributed by atoms with Crippen molar-refractivity contribution in [2.75, 3.05) is 13.2 Å². The van der Waals surface area contributed by atoms with Crippen LogP contribution in [0.1, 0.15) is 43.2 Å². The molecule has 88 valence electrons. The fourth-order valence-electron chi connectivity index (χ4n) is 1.66. The molecule has 1 saturated heterocycles. The second-order valence-corrected chi connectivity index (χ2v) is 3.83. The van der Waals surface area contributed by atoms with E-state index in [4.69, 9.17) is 14.0 Å². The van der Waals surface area contributed by atoms with Crippen LogP contribution in [0, 0.1) is 0 Å². The van der Waals surface area contributed by atoms with Crippen molar-refractivity contribution < 1.29 is 18.8 Å². The van der Waals surface area contributed by atoms with Gasteiger partial charge in [0.15, 0.2) is 0 Å².